The second-order valence-corrected chi connectivity index (χ2v) is 3.95. The molecule has 0 heterocycles. The van der Waals surface area contributed by atoms with Crippen LogP contribution in [0.2, 0.25) is 0 Å². The second kappa shape index (κ2) is 5.04. The number of amides is 1. The molecule has 74 valence electrons. The number of nitrogens with zero attached hydrogens (tertiary/aromatic N) is 3. The van der Waals surface area contributed by atoms with Gasteiger partial charge in [0.05, 0.1) is 5.69 Å². The standard InChI is InChI=1S/C9H10IN3O/c1-7(14)13(2)12-11-9-5-3-8(10)4-6-9/h3-6H,1-2H3. The van der Waals surface area contributed by atoms with E-state index >= 15 is 0 Å². The zero-order chi connectivity index (χ0) is 10.6. The molecule has 0 N–H and O–H groups in total. The number of hydrogen-bond acceptors (Lipinski definition) is 3. The predicted molar refractivity (Wildman–Crippen MR) is 62.1 cm³/mol. The molecule has 1 aromatic rings. The fraction of sp³-hybridized carbons (Fsp3) is 0.222. The van der Waals surface area contributed by atoms with Crippen molar-refractivity contribution in [2.45, 2.75) is 6.92 Å². The molecular weight excluding hydrogens is 293 g/mol. The third-order valence-corrected chi connectivity index (χ3v) is 2.30. The first kappa shape index (κ1) is 11.1. The highest BCUT2D eigenvalue weighted by molar-refractivity contribution is 14.1. The molecule has 0 aromatic heterocycles. The first-order valence-corrected chi connectivity index (χ1v) is 5.09. The van der Waals surface area contributed by atoms with E-state index in [2.05, 4.69) is 32.9 Å². The van der Waals surface area contributed by atoms with Gasteiger partial charge in [-0.05, 0) is 46.9 Å². The Hall–Kier alpha value is -0.980. The minimum atomic E-state index is -0.140. The smallest absolute Gasteiger partial charge is 0.240 e. The molecule has 0 unspecified atom stereocenters. The zero-order valence-corrected chi connectivity index (χ0v) is 10.1. The molecular formula is C9H10IN3O. The lowest BCUT2D eigenvalue weighted by molar-refractivity contribution is -0.127. The van der Waals surface area contributed by atoms with Gasteiger partial charge in [-0.1, -0.05) is 5.22 Å². The molecule has 1 rings (SSSR count). The summed E-state index contributed by atoms with van der Waals surface area (Å²) >= 11 is 2.21. The molecule has 0 spiro atoms. The summed E-state index contributed by atoms with van der Waals surface area (Å²) in [5, 5.41) is 8.82. The van der Waals surface area contributed by atoms with E-state index in [1.54, 1.807) is 7.05 Å². The van der Waals surface area contributed by atoms with Crippen LogP contribution in [0.5, 0.6) is 0 Å². The molecule has 1 amide bonds. The maximum atomic E-state index is 10.8. The van der Waals surface area contributed by atoms with Crippen LogP contribution in [0, 0.1) is 3.57 Å². The molecule has 1 aromatic carbocycles. The number of carbonyl (C=O) groups is 1. The van der Waals surface area contributed by atoms with Crippen molar-refractivity contribution in [3.63, 3.8) is 0 Å². The average molecular weight is 303 g/mol. The van der Waals surface area contributed by atoms with Crippen LogP contribution < -0.4 is 0 Å². The maximum Gasteiger partial charge on any atom is 0.240 e. The lowest BCUT2D eigenvalue weighted by Crippen LogP contribution is -2.15. The minimum Gasteiger partial charge on any atom is -0.273 e. The van der Waals surface area contributed by atoms with Crippen molar-refractivity contribution in [3.8, 4) is 0 Å². The number of carbonyl (C=O) groups excluding carboxylic acids is 1. The Labute approximate surface area is 96.1 Å². The quantitative estimate of drug-likeness (QED) is 0.471. The van der Waals surface area contributed by atoms with Gasteiger partial charge in [0.2, 0.25) is 5.91 Å². The summed E-state index contributed by atoms with van der Waals surface area (Å²) in [7, 11) is 1.57. The summed E-state index contributed by atoms with van der Waals surface area (Å²) in [6, 6.07) is 7.56. The molecule has 0 fully saturated rings. The highest BCUT2D eigenvalue weighted by atomic mass is 127. The normalized spacial score (nSPS) is 10.5. The summed E-state index contributed by atoms with van der Waals surface area (Å²) in [5.74, 6) is -0.140. The van der Waals surface area contributed by atoms with E-state index in [9.17, 15) is 4.79 Å². The van der Waals surface area contributed by atoms with Gasteiger partial charge in [0, 0.05) is 17.5 Å². The van der Waals surface area contributed by atoms with E-state index in [1.165, 1.54) is 11.9 Å². The SMILES string of the molecule is CC(=O)N(C)N=Nc1ccc(I)cc1. The van der Waals surface area contributed by atoms with E-state index in [1.807, 2.05) is 24.3 Å². The maximum absolute atomic E-state index is 10.8. The van der Waals surface area contributed by atoms with Gasteiger partial charge in [-0.15, -0.1) is 5.11 Å². The van der Waals surface area contributed by atoms with E-state index in [0.717, 1.165) is 9.26 Å². The lowest BCUT2D eigenvalue weighted by Gasteiger charge is -2.03. The molecule has 0 aliphatic rings. The summed E-state index contributed by atoms with van der Waals surface area (Å²) < 4.78 is 1.14. The van der Waals surface area contributed by atoms with Crippen LogP contribution in [-0.2, 0) is 4.79 Å². The van der Waals surface area contributed by atoms with Crippen molar-refractivity contribution in [2.75, 3.05) is 7.05 Å². The van der Waals surface area contributed by atoms with E-state index in [-0.39, 0.29) is 5.91 Å². The topological polar surface area (TPSA) is 45.0 Å². The van der Waals surface area contributed by atoms with Gasteiger partial charge in [0.25, 0.3) is 0 Å². The first-order valence-electron chi connectivity index (χ1n) is 4.01. The Balaban J connectivity index is 2.69. The molecule has 0 atom stereocenters. The number of benzene rings is 1. The molecule has 0 aliphatic carbocycles. The van der Waals surface area contributed by atoms with Gasteiger partial charge in [0.1, 0.15) is 0 Å². The van der Waals surface area contributed by atoms with Crippen molar-refractivity contribution in [3.05, 3.63) is 27.8 Å². The Morgan fingerprint density at radius 1 is 1.36 bits per heavy atom. The molecule has 5 heteroatoms. The number of hydrogen-bond donors (Lipinski definition) is 0. The van der Waals surface area contributed by atoms with Crippen molar-refractivity contribution < 1.29 is 4.79 Å². The summed E-state index contributed by atoms with van der Waals surface area (Å²) in [4.78, 5) is 10.8. The monoisotopic (exact) mass is 303 g/mol. The van der Waals surface area contributed by atoms with Crippen LogP contribution in [0.15, 0.2) is 34.6 Å². The van der Waals surface area contributed by atoms with E-state index < -0.39 is 0 Å². The Morgan fingerprint density at radius 2 is 1.93 bits per heavy atom. The lowest BCUT2D eigenvalue weighted by atomic mass is 10.3. The van der Waals surface area contributed by atoms with Crippen molar-refractivity contribution in [2.24, 2.45) is 10.3 Å². The van der Waals surface area contributed by atoms with Gasteiger partial charge in [0.15, 0.2) is 0 Å². The van der Waals surface area contributed by atoms with Gasteiger partial charge in [-0.3, -0.25) is 4.79 Å². The first-order chi connectivity index (χ1) is 6.59. The van der Waals surface area contributed by atoms with Crippen LogP contribution in [-0.4, -0.2) is 18.0 Å². The van der Waals surface area contributed by atoms with Gasteiger partial charge < -0.3 is 0 Å². The fourth-order valence-electron chi connectivity index (χ4n) is 0.689. The van der Waals surface area contributed by atoms with Crippen LogP contribution >= 0.6 is 22.6 Å². The minimum absolute atomic E-state index is 0.140. The molecule has 14 heavy (non-hydrogen) atoms. The molecule has 0 radical (unpaired) electrons. The Kier molecular flexibility index (Phi) is 3.99. The van der Waals surface area contributed by atoms with Crippen molar-refractivity contribution in [1.82, 2.24) is 5.01 Å². The van der Waals surface area contributed by atoms with Crippen LogP contribution in [0.1, 0.15) is 6.92 Å². The fourth-order valence-corrected chi connectivity index (χ4v) is 1.05. The summed E-state index contributed by atoms with van der Waals surface area (Å²) in [5.41, 5.74) is 0.735. The third-order valence-electron chi connectivity index (χ3n) is 1.58. The highest BCUT2D eigenvalue weighted by Crippen LogP contribution is 2.14. The Bertz CT molecular complexity index is 348. The summed E-state index contributed by atoms with van der Waals surface area (Å²) in [6.07, 6.45) is 0. The second-order valence-electron chi connectivity index (χ2n) is 2.71. The number of rotatable bonds is 2. The van der Waals surface area contributed by atoms with Gasteiger partial charge in [-0.25, -0.2) is 5.01 Å². The molecule has 0 saturated carbocycles. The largest absolute Gasteiger partial charge is 0.273 e. The van der Waals surface area contributed by atoms with Gasteiger partial charge in [-0.2, -0.15) is 0 Å². The molecule has 0 saturated heterocycles. The van der Waals surface area contributed by atoms with Crippen LogP contribution in [0.4, 0.5) is 5.69 Å². The van der Waals surface area contributed by atoms with Crippen LogP contribution in [0.3, 0.4) is 0 Å². The van der Waals surface area contributed by atoms with E-state index in [4.69, 9.17) is 0 Å². The van der Waals surface area contributed by atoms with Crippen molar-refractivity contribution in [1.29, 1.82) is 0 Å². The average Bonchev–Trinajstić information content (AvgIpc) is 2.16. The van der Waals surface area contributed by atoms with Crippen LogP contribution in [0.25, 0.3) is 0 Å². The molecule has 4 nitrogen and oxygen atoms in total. The third kappa shape index (κ3) is 3.41. The highest BCUT2D eigenvalue weighted by Gasteiger charge is 1.97. The van der Waals surface area contributed by atoms with Gasteiger partial charge >= 0.3 is 0 Å². The molecule has 0 bridgehead atoms. The number of halogens is 1. The summed E-state index contributed by atoms with van der Waals surface area (Å²) in [6.45, 7) is 1.44. The molecule has 0 aliphatic heterocycles. The zero-order valence-electron chi connectivity index (χ0n) is 7.94. The van der Waals surface area contributed by atoms with E-state index in [0.29, 0.717) is 0 Å². The van der Waals surface area contributed by atoms with Crippen molar-refractivity contribution >= 4 is 34.2 Å². The Morgan fingerprint density at radius 3 is 2.43 bits per heavy atom. The predicted octanol–water partition coefficient (Wildman–Crippen LogP) is 2.77.